The van der Waals surface area contributed by atoms with Crippen molar-refractivity contribution >= 4 is 34.6 Å². The van der Waals surface area contributed by atoms with Crippen LogP contribution in [0.5, 0.6) is 5.75 Å². The van der Waals surface area contributed by atoms with Crippen molar-refractivity contribution in [2.24, 2.45) is 0 Å². The zero-order valence-electron chi connectivity index (χ0n) is 15.7. The molecule has 144 valence electrons. The molecule has 0 spiro atoms. The van der Waals surface area contributed by atoms with Crippen LogP contribution in [0.15, 0.2) is 42.5 Å². The number of ether oxygens (including phenoxy) is 2. The SMILES string of the molecule is COc1ccccc1CN(CC1CCCO1)C(=S)Nc1ccc(C)c(Cl)c1. The Labute approximate surface area is 171 Å². The van der Waals surface area contributed by atoms with Crippen molar-refractivity contribution in [1.29, 1.82) is 0 Å². The summed E-state index contributed by atoms with van der Waals surface area (Å²) in [6.07, 6.45) is 2.35. The van der Waals surface area contributed by atoms with Crippen LogP contribution in [0.25, 0.3) is 0 Å². The van der Waals surface area contributed by atoms with Crippen LogP contribution in [-0.4, -0.2) is 36.4 Å². The van der Waals surface area contributed by atoms with Crippen molar-refractivity contribution in [3.63, 3.8) is 0 Å². The van der Waals surface area contributed by atoms with Crippen molar-refractivity contribution in [3.8, 4) is 5.75 Å². The Hall–Kier alpha value is -1.82. The minimum atomic E-state index is 0.195. The van der Waals surface area contributed by atoms with E-state index in [1.165, 1.54) is 0 Å². The second-order valence-electron chi connectivity index (χ2n) is 6.72. The molecule has 1 fully saturated rings. The molecule has 6 heteroatoms. The topological polar surface area (TPSA) is 33.7 Å². The number of rotatable bonds is 6. The highest BCUT2D eigenvalue weighted by Crippen LogP contribution is 2.23. The standard InChI is InChI=1S/C21H25ClN2O2S/c1-15-9-10-17(12-19(15)22)23-21(27)24(14-18-7-5-11-26-18)13-16-6-3-4-8-20(16)25-2/h3-4,6,8-10,12,18H,5,7,11,13-14H2,1-2H3,(H,23,27). The average molecular weight is 405 g/mol. The lowest BCUT2D eigenvalue weighted by atomic mass is 10.1. The molecule has 1 unspecified atom stereocenters. The largest absolute Gasteiger partial charge is 0.496 e. The Balaban J connectivity index is 1.77. The molecule has 2 aromatic rings. The van der Waals surface area contributed by atoms with E-state index in [-0.39, 0.29) is 6.10 Å². The summed E-state index contributed by atoms with van der Waals surface area (Å²) in [4.78, 5) is 2.14. The first-order chi connectivity index (χ1) is 13.1. The highest BCUT2D eigenvalue weighted by atomic mass is 35.5. The molecule has 0 saturated carbocycles. The average Bonchev–Trinajstić information content (AvgIpc) is 3.18. The van der Waals surface area contributed by atoms with Gasteiger partial charge in [-0.15, -0.1) is 0 Å². The van der Waals surface area contributed by atoms with Gasteiger partial charge < -0.3 is 19.7 Å². The van der Waals surface area contributed by atoms with Gasteiger partial charge in [-0.1, -0.05) is 35.9 Å². The minimum Gasteiger partial charge on any atom is -0.496 e. The predicted molar refractivity (Wildman–Crippen MR) is 115 cm³/mol. The smallest absolute Gasteiger partial charge is 0.173 e. The van der Waals surface area contributed by atoms with Crippen LogP contribution in [0.1, 0.15) is 24.0 Å². The molecule has 1 saturated heterocycles. The van der Waals surface area contributed by atoms with E-state index in [9.17, 15) is 0 Å². The highest BCUT2D eigenvalue weighted by Gasteiger charge is 2.22. The Morgan fingerprint density at radius 3 is 2.85 bits per heavy atom. The van der Waals surface area contributed by atoms with E-state index in [2.05, 4.69) is 16.3 Å². The number of methoxy groups -OCH3 is 1. The summed E-state index contributed by atoms with van der Waals surface area (Å²) in [6, 6.07) is 13.9. The Kier molecular flexibility index (Phi) is 6.94. The van der Waals surface area contributed by atoms with Crippen molar-refractivity contribution in [3.05, 3.63) is 58.6 Å². The summed E-state index contributed by atoms with van der Waals surface area (Å²) < 4.78 is 11.3. The van der Waals surface area contributed by atoms with Crippen LogP contribution in [0, 0.1) is 6.92 Å². The fraction of sp³-hybridized carbons (Fsp3) is 0.381. The zero-order valence-corrected chi connectivity index (χ0v) is 17.3. The normalized spacial score (nSPS) is 16.2. The van der Waals surface area contributed by atoms with Gasteiger partial charge in [0.25, 0.3) is 0 Å². The van der Waals surface area contributed by atoms with Gasteiger partial charge in [-0.25, -0.2) is 0 Å². The van der Waals surface area contributed by atoms with Gasteiger partial charge >= 0.3 is 0 Å². The molecule has 0 bridgehead atoms. The molecule has 0 aromatic heterocycles. The maximum absolute atomic E-state index is 6.25. The third kappa shape index (κ3) is 5.34. The number of thiocarbonyl (C=S) groups is 1. The van der Waals surface area contributed by atoms with E-state index in [0.717, 1.165) is 53.6 Å². The molecule has 27 heavy (non-hydrogen) atoms. The molecule has 1 heterocycles. The molecule has 1 aliphatic heterocycles. The molecule has 0 amide bonds. The van der Waals surface area contributed by atoms with Crippen LogP contribution in [-0.2, 0) is 11.3 Å². The Bertz CT molecular complexity index is 794. The molecule has 1 aliphatic rings. The van der Waals surface area contributed by atoms with Crippen molar-refractivity contribution in [2.45, 2.75) is 32.4 Å². The fourth-order valence-electron chi connectivity index (χ4n) is 3.17. The summed E-state index contributed by atoms with van der Waals surface area (Å²) in [6.45, 7) is 4.19. The molecular weight excluding hydrogens is 380 g/mol. The van der Waals surface area contributed by atoms with E-state index in [1.54, 1.807) is 7.11 Å². The van der Waals surface area contributed by atoms with Crippen molar-refractivity contribution in [2.75, 3.05) is 25.6 Å². The summed E-state index contributed by atoms with van der Waals surface area (Å²) >= 11 is 12.0. The number of aryl methyl sites for hydroxylation is 1. The van der Waals surface area contributed by atoms with E-state index in [1.807, 2.05) is 43.3 Å². The minimum absolute atomic E-state index is 0.195. The number of hydrogen-bond donors (Lipinski definition) is 1. The summed E-state index contributed by atoms with van der Waals surface area (Å²) in [5.41, 5.74) is 3.01. The predicted octanol–water partition coefficient (Wildman–Crippen LogP) is 5.04. The molecule has 0 aliphatic carbocycles. The van der Waals surface area contributed by atoms with Gasteiger partial charge in [0.2, 0.25) is 0 Å². The second kappa shape index (κ2) is 9.40. The quantitative estimate of drug-likeness (QED) is 0.682. The first-order valence-electron chi connectivity index (χ1n) is 9.12. The summed E-state index contributed by atoms with van der Waals surface area (Å²) in [5.74, 6) is 0.857. The molecule has 3 rings (SSSR count). The Morgan fingerprint density at radius 1 is 1.33 bits per heavy atom. The highest BCUT2D eigenvalue weighted by molar-refractivity contribution is 7.80. The molecule has 0 radical (unpaired) electrons. The van der Waals surface area contributed by atoms with Gasteiger partial charge in [0, 0.05) is 36.0 Å². The molecule has 2 aromatic carbocycles. The van der Waals surface area contributed by atoms with Gasteiger partial charge in [0.1, 0.15) is 5.75 Å². The zero-order chi connectivity index (χ0) is 19.2. The summed E-state index contributed by atoms with van der Waals surface area (Å²) in [7, 11) is 1.69. The number of hydrogen-bond acceptors (Lipinski definition) is 3. The second-order valence-corrected chi connectivity index (χ2v) is 7.52. The lowest BCUT2D eigenvalue weighted by Crippen LogP contribution is -2.39. The lowest BCUT2D eigenvalue weighted by molar-refractivity contribution is 0.0903. The number of para-hydroxylation sites is 1. The van der Waals surface area contributed by atoms with Crippen LogP contribution in [0.3, 0.4) is 0 Å². The van der Waals surface area contributed by atoms with Crippen molar-refractivity contribution in [1.82, 2.24) is 4.90 Å². The number of halogens is 1. The molecule has 4 nitrogen and oxygen atoms in total. The maximum Gasteiger partial charge on any atom is 0.173 e. The summed E-state index contributed by atoms with van der Waals surface area (Å²) in [5, 5.41) is 4.69. The number of benzene rings is 2. The van der Waals surface area contributed by atoms with E-state index in [4.69, 9.17) is 33.3 Å². The molecular formula is C21H25ClN2O2S. The maximum atomic E-state index is 6.25. The van der Waals surface area contributed by atoms with Gasteiger partial charge in [-0.05, 0) is 55.7 Å². The van der Waals surface area contributed by atoms with Crippen LogP contribution >= 0.6 is 23.8 Å². The lowest BCUT2D eigenvalue weighted by Gasteiger charge is -2.29. The van der Waals surface area contributed by atoms with Gasteiger partial charge in [-0.2, -0.15) is 0 Å². The monoisotopic (exact) mass is 404 g/mol. The molecule has 1 N–H and O–H groups in total. The van der Waals surface area contributed by atoms with Gasteiger partial charge in [0.15, 0.2) is 5.11 Å². The van der Waals surface area contributed by atoms with Crippen LogP contribution < -0.4 is 10.1 Å². The first-order valence-corrected chi connectivity index (χ1v) is 9.91. The third-order valence-corrected chi connectivity index (χ3v) is 5.48. The Morgan fingerprint density at radius 2 is 2.15 bits per heavy atom. The molecule has 1 atom stereocenters. The first kappa shape index (κ1) is 19.9. The van der Waals surface area contributed by atoms with Gasteiger partial charge in [0.05, 0.1) is 13.2 Å². The van der Waals surface area contributed by atoms with Crippen LogP contribution in [0.4, 0.5) is 5.69 Å². The number of nitrogens with zero attached hydrogens (tertiary/aromatic N) is 1. The van der Waals surface area contributed by atoms with Gasteiger partial charge in [-0.3, -0.25) is 0 Å². The van der Waals surface area contributed by atoms with Crippen molar-refractivity contribution < 1.29 is 9.47 Å². The van der Waals surface area contributed by atoms with Crippen LogP contribution in [0.2, 0.25) is 5.02 Å². The van der Waals surface area contributed by atoms with E-state index >= 15 is 0 Å². The van der Waals surface area contributed by atoms with E-state index in [0.29, 0.717) is 11.7 Å². The van der Waals surface area contributed by atoms with E-state index < -0.39 is 0 Å². The third-order valence-electron chi connectivity index (χ3n) is 4.71. The number of nitrogens with one attached hydrogen (secondary N) is 1. The number of anilines is 1. The fourth-order valence-corrected chi connectivity index (χ4v) is 3.60.